The van der Waals surface area contributed by atoms with Crippen molar-refractivity contribution in [2.24, 2.45) is 5.92 Å². The number of hydrogen-bond donors (Lipinski definition) is 2. The molecular weight excluding hydrogens is 212 g/mol. The minimum atomic E-state index is -0.621. The van der Waals surface area contributed by atoms with Gasteiger partial charge < -0.3 is 15.3 Å². The summed E-state index contributed by atoms with van der Waals surface area (Å²) >= 11 is 0. The minimum absolute atomic E-state index is 0.434. The maximum Gasteiger partial charge on any atom is 0.0869 e. The van der Waals surface area contributed by atoms with Gasteiger partial charge in [0.1, 0.15) is 0 Å². The smallest absolute Gasteiger partial charge is 0.0869 e. The number of hydrogen-bond acceptors (Lipinski definition) is 3. The third-order valence-corrected chi connectivity index (χ3v) is 3.64. The Hall–Kier alpha value is -0.120. The van der Waals surface area contributed by atoms with Gasteiger partial charge in [0.05, 0.1) is 5.60 Å². The fourth-order valence-corrected chi connectivity index (χ4v) is 2.31. The Morgan fingerprint density at radius 3 is 2.47 bits per heavy atom. The van der Waals surface area contributed by atoms with Gasteiger partial charge in [0.2, 0.25) is 0 Å². The normalized spacial score (nSPS) is 20.6. The summed E-state index contributed by atoms with van der Waals surface area (Å²) < 4.78 is 0. The van der Waals surface area contributed by atoms with E-state index in [1.165, 1.54) is 19.3 Å². The van der Waals surface area contributed by atoms with Gasteiger partial charge in [0, 0.05) is 25.7 Å². The van der Waals surface area contributed by atoms with Gasteiger partial charge in [-0.3, -0.25) is 0 Å². The molecule has 102 valence electrons. The Bertz CT molecular complexity index is 212. The predicted molar refractivity (Wildman–Crippen MR) is 73.2 cm³/mol. The second-order valence-electron chi connectivity index (χ2n) is 6.16. The molecule has 3 heteroatoms. The standard InChI is InChI=1S/C14H30N2O/c1-5-16(9-13-7-6-8-13)11-14(4,17)10-15-12(2)3/h12-13,15,17H,5-11H2,1-4H3. The molecule has 1 aliphatic carbocycles. The van der Waals surface area contributed by atoms with Crippen LogP contribution in [0.2, 0.25) is 0 Å². The summed E-state index contributed by atoms with van der Waals surface area (Å²) in [4.78, 5) is 2.39. The Balaban J connectivity index is 2.30. The van der Waals surface area contributed by atoms with Gasteiger partial charge in [-0.15, -0.1) is 0 Å². The van der Waals surface area contributed by atoms with E-state index in [0.29, 0.717) is 12.6 Å². The molecule has 0 aromatic heterocycles. The molecule has 1 fully saturated rings. The van der Waals surface area contributed by atoms with Crippen molar-refractivity contribution in [2.75, 3.05) is 26.2 Å². The summed E-state index contributed by atoms with van der Waals surface area (Å²) in [5.74, 6) is 0.879. The molecule has 0 heterocycles. The number of aliphatic hydroxyl groups is 1. The molecule has 0 aliphatic heterocycles. The van der Waals surface area contributed by atoms with Gasteiger partial charge in [-0.25, -0.2) is 0 Å². The van der Waals surface area contributed by atoms with Crippen molar-refractivity contribution in [1.29, 1.82) is 0 Å². The van der Waals surface area contributed by atoms with Gasteiger partial charge in [0.15, 0.2) is 0 Å². The molecule has 1 rings (SSSR count). The predicted octanol–water partition coefficient (Wildman–Crippen LogP) is 1.86. The van der Waals surface area contributed by atoms with E-state index >= 15 is 0 Å². The van der Waals surface area contributed by atoms with Gasteiger partial charge in [-0.2, -0.15) is 0 Å². The molecule has 1 saturated carbocycles. The zero-order chi connectivity index (χ0) is 12.9. The van der Waals surface area contributed by atoms with E-state index in [9.17, 15) is 5.11 Å². The van der Waals surface area contributed by atoms with Crippen molar-refractivity contribution in [3.8, 4) is 0 Å². The SMILES string of the molecule is CCN(CC1CCC1)CC(C)(O)CNC(C)C. The fraction of sp³-hybridized carbons (Fsp3) is 1.00. The molecule has 1 unspecified atom stereocenters. The topological polar surface area (TPSA) is 35.5 Å². The van der Waals surface area contributed by atoms with E-state index in [-0.39, 0.29) is 0 Å². The highest BCUT2D eigenvalue weighted by molar-refractivity contribution is 4.82. The highest BCUT2D eigenvalue weighted by Gasteiger charge is 2.26. The molecule has 0 aromatic rings. The molecular formula is C14H30N2O. The minimum Gasteiger partial charge on any atom is -0.388 e. The number of rotatable bonds is 8. The van der Waals surface area contributed by atoms with Crippen molar-refractivity contribution in [3.63, 3.8) is 0 Å². The van der Waals surface area contributed by atoms with Crippen LogP contribution in [0.5, 0.6) is 0 Å². The first-order valence-corrected chi connectivity index (χ1v) is 7.11. The lowest BCUT2D eigenvalue weighted by molar-refractivity contribution is 0.0119. The Morgan fingerprint density at radius 2 is 2.06 bits per heavy atom. The molecule has 1 aliphatic rings. The molecule has 0 amide bonds. The molecule has 0 aromatic carbocycles. The highest BCUT2D eigenvalue weighted by atomic mass is 16.3. The van der Waals surface area contributed by atoms with Crippen LogP contribution in [0, 0.1) is 5.92 Å². The Labute approximate surface area is 107 Å². The van der Waals surface area contributed by atoms with Crippen LogP contribution >= 0.6 is 0 Å². The summed E-state index contributed by atoms with van der Waals surface area (Å²) in [7, 11) is 0. The monoisotopic (exact) mass is 242 g/mol. The van der Waals surface area contributed by atoms with Crippen LogP contribution in [0.1, 0.15) is 47.0 Å². The average Bonchev–Trinajstić information content (AvgIpc) is 2.18. The van der Waals surface area contributed by atoms with Crippen molar-refractivity contribution in [2.45, 2.75) is 58.6 Å². The van der Waals surface area contributed by atoms with E-state index in [1.54, 1.807) is 0 Å². The lowest BCUT2D eigenvalue weighted by atomic mass is 9.85. The zero-order valence-electron chi connectivity index (χ0n) is 12.0. The van der Waals surface area contributed by atoms with Crippen LogP contribution in [0.3, 0.4) is 0 Å². The summed E-state index contributed by atoms with van der Waals surface area (Å²) in [6.45, 7) is 12.0. The van der Waals surface area contributed by atoms with E-state index < -0.39 is 5.60 Å². The first kappa shape index (κ1) is 14.9. The van der Waals surface area contributed by atoms with Crippen LogP contribution in [-0.4, -0.2) is 47.8 Å². The number of nitrogens with zero attached hydrogens (tertiary/aromatic N) is 1. The van der Waals surface area contributed by atoms with Crippen LogP contribution < -0.4 is 5.32 Å². The molecule has 17 heavy (non-hydrogen) atoms. The maximum absolute atomic E-state index is 10.4. The molecule has 2 N–H and O–H groups in total. The summed E-state index contributed by atoms with van der Waals surface area (Å²) in [6, 6.07) is 0.434. The first-order valence-electron chi connectivity index (χ1n) is 7.11. The zero-order valence-corrected chi connectivity index (χ0v) is 12.0. The average molecular weight is 242 g/mol. The van der Waals surface area contributed by atoms with Gasteiger partial charge >= 0.3 is 0 Å². The summed E-state index contributed by atoms with van der Waals surface area (Å²) in [5.41, 5.74) is -0.621. The van der Waals surface area contributed by atoms with Crippen LogP contribution in [-0.2, 0) is 0 Å². The third-order valence-electron chi connectivity index (χ3n) is 3.64. The molecule has 0 spiro atoms. The summed E-state index contributed by atoms with van der Waals surface area (Å²) in [6.07, 6.45) is 4.15. The van der Waals surface area contributed by atoms with Crippen LogP contribution in [0.15, 0.2) is 0 Å². The first-order chi connectivity index (χ1) is 7.93. The van der Waals surface area contributed by atoms with Crippen molar-refractivity contribution in [1.82, 2.24) is 10.2 Å². The summed E-state index contributed by atoms with van der Waals surface area (Å²) in [5, 5.41) is 13.7. The second kappa shape index (κ2) is 6.72. The molecule has 0 bridgehead atoms. The third kappa shape index (κ3) is 5.84. The number of nitrogens with one attached hydrogen (secondary N) is 1. The highest BCUT2D eigenvalue weighted by Crippen LogP contribution is 2.27. The largest absolute Gasteiger partial charge is 0.388 e. The lowest BCUT2D eigenvalue weighted by Crippen LogP contribution is -2.50. The molecule has 1 atom stereocenters. The second-order valence-corrected chi connectivity index (χ2v) is 6.16. The molecule has 0 saturated heterocycles. The van der Waals surface area contributed by atoms with Crippen molar-refractivity contribution in [3.05, 3.63) is 0 Å². The van der Waals surface area contributed by atoms with Crippen LogP contribution in [0.25, 0.3) is 0 Å². The lowest BCUT2D eigenvalue weighted by Gasteiger charge is -2.36. The van der Waals surface area contributed by atoms with E-state index in [2.05, 4.69) is 31.0 Å². The van der Waals surface area contributed by atoms with Gasteiger partial charge in [0.25, 0.3) is 0 Å². The fourth-order valence-electron chi connectivity index (χ4n) is 2.31. The molecule has 3 nitrogen and oxygen atoms in total. The Kier molecular flexibility index (Phi) is 5.90. The number of likely N-dealkylation sites (N-methyl/N-ethyl adjacent to an activating group) is 1. The van der Waals surface area contributed by atoms with Crippen molar-refractivity contribution >= 4 is 0 Å². The van der Waals surface area contributed by atoms with E-state index in [0.717, 1.165) is 25.6 Å². The molecule has 0 radical (unpaired) electrons. The maximum atomic E-state index is 10.4. The van der Waals surface area contributed by atoms with E-state index in [1.807, 2.05) is 6.92 Å². The van der Waals surface area contributed by atoms with Crippen LogP contribution in [0.4, 0.5) is 0 Å². The van der Waals surface area contributed by atoms with Crippen molar-refractivity contribution < 1.29 is 5.11 Å². The Morgan fingerprint density at radius 1 is 1.41 bits per heavy atom. The van der Waals surface area contributed by atoms with E-state index in [4.69, 9.17) is 0 Å². The quantitative estimate of drug-likeness (QED) is 0.682. The van der Waals surface area contributed by atoms with Gasteiger partial charge in [-0.1, -0.05) is 27.2 Å². The van der Waals surface area contributed by atoms with Gasteiger partial charge in [-0.05, 0) is 32.2 Å².